The van der Waals surface area contributed by atoms with Gasteiger partial charge in [-0.25, -0.2) is 0 Å². The van der Waals surface area contributed by atoms with Gasteiger partial charge >= 0.3 is 0 Å². The van der Waals surface area contributed by atoms with Gasteiger partial charge in [0.2, 0.25) is 0 Å². The average Bonchev–Trinajstić information content (AvgIpc) is 1.93. The third-order valence-corrected chi connectivity index (χ3v) is 2.08. The summed E-state index contributed by atoms with van der Waals surface area (Å²) in [5, 5.41) is 1.49. The van der Waals surface area contributed by atoms with Gasteiger partial charge in [-0.05, 0) is 5.92 Å². The zero-order valence-electron chi connectivity index (χ0n) is 5.96. The zero-order valence-corrected chi connectivity index (χ0v) is 7.96. The Kier molecular flexibility index (Phi) is 2.06. The highest BCUT2D eigenvalue weighted by atomic mass is 28.1. The van der Waals surface area contributed by atoms with E-state index in [9.17, 15) is 0 Å². The first-order chi connectivity index (χ1) is 4.29. The molecule has 0 amide bonds. The summed E-state index contributed by atoms with van der Waals surface area (Å²) in [5.41, 5.74) is 0. The first kappa shape index (κ1) is 6.56. The van der Waals surface area contributed by atoms with Crippen molar-refractivity contribution in [3.8, 4) is 0 Å². The van der Waals surface area contributed by atoms with Crippen molar-refractivity contribution in [2.45, 2.75) is 6.92 Å². The van der Waals surface area contributed by atoms with E-state index in [4.69, 9.17) is 0 Å². The Labute approximate surface area is 59.4 Å². The van der Waals surface area contributed by atoms with Crippen LogP contribution in [-0.4, -0.2) is 10.2 Å². The summed E-state index contributed by atoms with van der Waals surface area (Å²) in [6, 6.07) is 0. The molecule has 0 aromatic heterocycles. The van der Waals surface area contributed by atoms with E-state index in [1.165, 1.54) is 15.4 Å². The normalized spacial score (nSPS) is 25.9. The van der Waals surface area contributed by atoms with Crippen molar-refractivity contribution < 1.29 is 0 Å². The molecule has 48 valence electrons. The van der Waals surface area contributed by atoms with Crippen molar-refractivity contribution >= 4 is 10.2 Å². The lowest BCUT2D eigenvalue weighted by Gasteiger charge is -1.95. The van der Waals surface area contributed by atoms with Gasteiger partial charge in [-0.3, -0.25) is 0 Å². The summed E-state index contributed by atoms with van der Waals surface area (Å²) in [7, 11) is 1.17. The van der Waals surface area contributed by atoms with Gasteiger partial charge in [0.15, 0.2) is 0 Å². The first-order valence-corrected chi connectivity index (χ1v) is 4.32. The summed E-state index contributed by atoms with van der Waals surface area (Å²) in [5.74, 6) is 0.632. The maximum atomic E-state index is 2.31. The number of allylic oxidation sites excluding steroid dienone is 6. The molecule has 0 saturated carbocycles. The molecule has 0 N–H and O–H groups in total. The van der Waals surface area contributed by atoms with Crippen molar-refractivity contribution in [3.63, 3.8) is 0 Å². The Morgan fingerprint density at radius 1 is 1.44 bits per heavy atom. The molecule has 9 heavy (non-hydrogen) atoms. The Hall–Kier alpha value is -0.563. The summed E-state index contributed by atoms with van der Waals surface area (Å²) < 4.78 is 0. The SMILES string of the molecule is CC1C=CC=CC([SiH3])=C1. The molecule has 0 aliphatic heterocycles. The van der Waals surface area contributed by atoms with Crippen LogP contribution in [0, 0.1) is 5.92 Å². The third kappa shape index (κ3) is 2.02. The minimum absolute atomic E-state index is 0.632. The fourth-order valence-corrected chi connectivity index (χ4v) is 1.69. The van der Waals surface area contributed by atoms with Crippen LogP contribution < -0.4 is 0 Å². The lowest BCUT2D eigenvalue weighted by molar-refractivity contribution is 0.940. The van der Waals surface area contributed by atoms with E-state index < -0.39 is 0 Å². The van der Waals surface area contributed by atoms with Crippen molar-refractivity contribution in [1.29, 1.82) is 0 Å². The Balaban J connectivity index is 2.77. The van der Waals surface area contributed by atoms with Gasteiger partial charge in [0.1, 0.15) is 0 Å². The first-order valence-electron chi connectivity index (χ1n) is 3.32. The number of hydrogen-bond donors (Lipinski definition) is 0. The van der Waals surface area contributed by atoms with Crippen LogP contribution in [0.1, 0.15) is 6.92 Å². The van der Waals surface area contributed by atoms with Crippen molar-refractivity contribution in [2.75, 3.05) is 0 Å². The van der Waals surface area contributed by atoms with Gasteiger partial charge in [-0.1, -0.05) is 42.5 Å². The maximum Gasteiger partial charge on any atom is 0.0381 e. The van der Waals surface area contributed by atoms with Gasteiger partial charge < -0.3 is 0 Å². The van der Waals surface area contributed by atoms with Crippen LogP contribution in [0.4, 0.5) is 0 Å². The molecule has 0 bridgehead atoms. The lowest BCUT2D eigenvalue weighted by atomic mass is 10.2. The van der Waals surface area contributed by atoms with Crippen LogP contribution in [0.25, 0.3) is 0 Å². The second-order valence-electron chi connectivity index (χ2n) is 2.51. The Bertz CT molecular complexity index is 175. The van der Waals surface area contributed by atoms with E-state index >= 15 is 0 Å². The van der Waals surface area contributed by atoms with E-state index in [1.54, 1.807) is 0 Å². The fraction of sp³-hybridized carbons (Fsp3) is 0.250. The largest absolute Gasteiger partial charge is 0.0797 e. The molecule has 0 heterocycles. The molecule has 0 nitrogen and oxygen atoms in total. The van der Waals surface area contributed by atoms with Crippen LogP contribution in [-0.2, 0) is 0 Å². The van der Waals surface area contributed by atoms with Gasteiger partial charge in [-0.15, -0.1) is 0 Å². The second kappa shape index (κ2) is 2.83. The summed E-state index contributed by atoms with van der Waals surface area (Å²) in [6.45, 7) is 2.21. The maximum absolute atomic E-state index is 2.31. The molecule has 1 unspecified atom stereocenters. The lowest BCUT2D eigenvalue weighted by Crippen LogP contribution is -1.83. The van der Waals surface area contributed by atoms with Gasteiger partial charge in [0.25, 0.3) is 0 Å². The summed E-state index contributed by atoms with van der Waals surface area (Å²) >= 11 is 0. The summed E-state index contributed by atoms with van der Waals surface area (Å²) in [4.78, 5) is 0. The molecule has 1 aliphatic rings. The standard InChI is InChI=1S/C8H12Si/c1-7-4-2-3-5-8(9)6-7/h2-7H,1,9H3. The highest BCUT2D eigenvalue weighted by molar-refractivity contribution is 6.23. The topological polar surface area (TPSA) is 0 Å². The van der Waals surface area contributed by atoms with E-state index in [-0.39, 0.29) is 0 Å². The fourth-order valence-electron chi connectivity index (χ4n) is 0.973. The summed E-state index contributed by atoms with van der Waals surface area (Å²) in [6.07, 6.45) is 10.9. The van der Waals surface area contributed by atoms with E-state index in [0.29, 0.717) is 5.92 Å². The third-order valence-electron chi connectivity index (χ3n) is 1.41. The molecular weight excluding hydrogens is 124 g/mol. The average molecular weight is 136 g/mol. The number of hydrogen-bond acceptors (Lipinski definition) is 0. The smallest absolute Gasteiger partial charge is 0.0381 e. The van der Waals surface area contributed by atoms with Crippen LogP contribution in [0.5, 0.6) is 0 Å². The molecule has 0 aromatic rings. The highest BCUT2D eigenvalue weighted by Gasteiger charge is 1.92. The molecule has 1 heteroatoms. The van der Waals surface area contributed by atoms with Crippen molar-refractivity contribution in [1.82, 2.24) is 0 Å². The minimum atomic E-state index is 0.632. The molecule has 1 atom stereocenters. The molecule has 0 aromatic carbocycles. The Morgan fingerprint density at radius 3 is 3.00 bits per heavy atom. The Morgan fingerprint density at radius 2 is 2.22 bits per heavy atom. The molecular formula is C8H12Si. The quantitative estimate of drug-likeness (QED) is 0.436. The van der Waals surface area contributed by atoms with E-state index in [2.05, 4.69) is 37.3 Å². The van der Waals surface area contributed by atoms with Crippen LogP contribution in [0.15, 0.2) is 35.6 Å². The molecule has 0 radical (unpaired) electrons. The molecule has 1 rings (SSSR count). The predicted molar refractivity (Wildman–Crippen MR) is 45.5 cm³/mol. The minimum Gasteiger partial charge on any atom is -0.0797 e. The predicted octanol–water partition coefficient (Wildman–Crippen LogP) is 0.998. The molecule has 0 spiro atoms. The van der Waals surface area contributed by atoms with E-state index in [0.717, 1.165) is 0 Å². The monoisotopic (exact) mass is 136 g/mol. The van der Waals surface area contributed by atoms with E-state index in [1.807, 2.05) is 0 Å². The van der Waals surface area contributed by atoms with Crippen LogP contribution >= 0.6 is 0 Å². The van der Waals surface area contributed by atoms with Crippen LogP contribution in [0.2, 0.25) is 0 Å². The van der Waals surface area contributed by atoms with Crippen LogP contribution in [0.3, 0.4) is 0 Å². The van der Waals surface area contributed by atoms with Gasteiger partial charge in [0.05, 0.1) is 0 Å². The molecule has 0 fully saturated rings. The molecule has 1 aliphatic carbocycles. The highest BCUT2D eigenvalue weighted by Crippen LogP contribution is 2.07. The van der Waals surface area contributed by atoms with Gasteiger partial charge in [0, 0.05) is 10.2 Å². The van der Waals surface area contributed by atoms with Crippen molar-refractivity contribution in [2.24, 2.45) is 5.92 Å². The second-order valence-corrected chi connectivity index (χ2v) is 3.67. The zero-order chi connectivity index (χ0) is 6.69. The number of rotatable bonds is 0. The molecule has 0 saturated heterocycles. The van der Waals surface area contributed by atoms with Crippen molar-refractivity contribution in [3.05, 3.63) is 35.6 Å². The van der Waals surface area contributed by atoms with Gasteiger partial charge in [-0.2, -0.15) is 0 Å².